The van der Waals surface area contributed by atoms with Gasteiger partial charge in [0, 0.05) is 24.4 Å². The number of carbonyl (C=O) groups is 5. The number of fused-ring (bicyclic) bond motifs is 10. The van der Waals surface area contributed by atoms with Crippen molar-refractivity contribution in [2.75, 3.05) is 33.7 Å². The number of ether oxygens (including phenoxy) is 1. The number of aliphatic hydroxyl groups excluding tert-OH is 5. The lowest BCUT2D eigenvalue weighted by atomic mass is 9.45. The first-order valence-corrected chi connectivity index (χ1v) is 22.9. The number of carbonyl (C=O) groups excluding carboxylic acids is 4. The minimum absolute atomic E-state index is 0. The van der Waals surface area contributed by atoms with Crippen LogP contribution >= 0.6 is 12.4 Å². The van der Waals surface area contributed by atoms with Crippen LogP contribution in [0.3, 0.4) is 0 Å². The fraction of sp³-hybridized carbons (Fsp3) is 0.787. The molecule has 66 heavy (non-hydrogen) atoms. The van der Waals surface area contributed by atoms with Gasteiger partial charge in [-0.05, 0) is 142 Å². The maximum Gasteiger partial charge on any atom is 0.331 e. The summed E-state index contributed by atoms with van der Waals surface area (Å²) in [6, 6.07) is 0. The molecule has 0 aromatic rings. The topological polar surface area (TPSA) is 313 Å². The van der Waals surface area contributed by atoms with Crippen LogP contribution in [0.15, 0.2) is 28.5 Å². The fourth-order valence-corrected chi connectivity index (χ4v) is 14.9. The molecule has 8 aliphatic rings. The average molecular weight is 958 g/mol. The summed E-state index contributed by atoms with van der Waals surface area (Å²) in [5.74, 6) is 3.31. The number of carboxylic acid groups (broad SMARTS) is 1. The number of oxime groups is 1. The van der Waals surface area contributed by atoms with Crippen LogP contribution < -0.4 is 5.90 Å². The predicted molar refractivity (Wildman–Crippen MR) is 239 cm³/mol. The summed E-state index contributed by atoms with van der Waals surface area (Å²) in [5, 5.41) is 82.6. The molecule has 0 amide bonds. The number of hydrogen-bond donors (Lipinski definition) is 9. The Morgan fingerprint density at radius 2 is 1.21 bits per heavy atom. The van der Waals surface area contributed by atoms with Crippen LogP contribution in [0.1, 0.15) is 118 Å². The van der Waals surface area contributed by atoms with E-state index in [0.29, 0.717) is 45.0 Å². The second kappa shape index (κ2) is 21.6. The van der Waals surface area contributed by atoms with Crippen molar-refractivity contribution in [3.63, 3.8) is 0 Å². The molecule has 6 unspecified atom stereocenters. The van der Waals surface area contributed by atoms with E-state index in [0.717, 1.165) is 64.2 Å². The first kappa shape index (κ1) is 55.4. The van der Waals surface area contributed by atoms with Crippen molar-refractivity contribution >= 4 is 47.9 Å². The second-order valence-electron chi connectivity index (χ2n) is 20.4. The van der Waals surface area contributed by atoms with E-state index in [1.807, 2.05) is 13.8 Å². The Balaban J connectivity index is 0.000000248. The third kappa shape index (κ3) is 9.45. The standard InChI is InChI=1S/C23H33NO7.C21H30O5.C2H5NO3.CH4O.ClH/c1-21-7-5-15(24-31-13-30-12-26)9-14(21)3-4-16-17-6-8-23(29,19(28)11-25)22(17,2)10-18(27)20(16)21;1-19-7-5-13(23)9-12(19)3-4-14-15-6-8-21(26,17(25)11-22)20(15,2)10-16(24)18(14)19;3-6-1-2(4)5;1-2;/h9,12,16-18,20,25,27,29H,3-8,10-11,13H2,1-2H3;9,14-16,18,22,24,26H,3-8,10-11H2,1-2H3;1,3H2,(H,4,5);2H,1H3;1H/t16?,17?,18-,20?,21-,22-,23-;14?,15?,16-,18?,19-,20-,21-;;;/m00.../s1. The molecular formula is C47H73ClN2O16. The summed E-state index contributed by atoms with van der Waals surface area (Å²) in [7, 11) is 1.00. The number of Topliss-reactive ketones (excluding diaryl/α,β-unsaturated/α-hetero) is 2. The van der Waals surface area contributed by atoms with Gasteiger partial charge in [-0.15, -0.1) is 12.4 Å². The van der Waals surface area contributed by atoms with Crippen LogP contribution in [0.25, 0.3) is 0 Å². The molecule has 18 nitrogen and oxygen atoms in total. The normalized spacial score (nSPS) is 42.0. The molecule has 374 valence electrons. The maximum absolute atomic E-state index is 12.5. The number of aliphatic hydroxyl groups is 7. The van der Waals surface area contributed by atoms with Crippen molar-refractivity contribution in [3.05, 3.63) is 23.3 Å². The number of nitrogens with zero attached hydrogens (tertiary/aromatic N) is 1. The van der Waals surface area contributed by atoms with E-state index < -0.39 is 71.6 Å². The van der Waals surface area contributed by atoms with Gasteiger partial charge < -0.3 is 50.4 Å². The van der Waals surface area contributed by atoms with Crippen molar-refractivity contribution in [1.82, 2.24) is 0 Å². The Bertz CT molecular complexity index is 1900. The zero-order chi connectivity index (χ0) is 48.3. The number of allylic oxidation sites excluding steroid dienone is 3. The molecule has 0 heterocycles. The number of carboxylic acids is 1. The zero-order valence-electron chi connectivity index (χ0n) is 38.9. The molecule has 8 rings (SSSR count). The van der Waals surface area contributed by atoms with Crippen molar-refractivity contribution in [1.29, 1.82) is 0 Å². The second-order valence-corrected chi connectivity index (χ2v) is 20.4. The van der Waals surface area contributed by atoms with Crippen molar-refractivity contribution in [2.45, 2.75) is 141 Å². The summed E-state index contributed by atoms with van der Waals surface area (Å²) in [4.78, 5) is 65.1. The van der Waals surface area contributed by atoms with Gasteiger partial charge in [-0.25, -0.2) is 10.7 Å². The molecule has 10 N–H and O–H groups in total. The minimum Gasteiger partial charge on any atom is -0.479 e. The van der Waals surface area contributed by atoms with E-state index in [4.69, 9.17) is 15.1 Å². The van der Waals surface area contributed by atoms with Gasteiger partial charge in [0.2, 0.25) is 0 Å². The lowest BCUT2D eigenvalue weighted by Crippen LogP contribution is -2.62. The first-order chi connectivity index (χ1) is 30.6. The summed E-state index contributed by atoms with van der Waals surface area (Å²) < 4.78 is 4.50. The third-order valence-electron chi connectivity index (χ3n) is 17.9. The van der Waals surface area contributed by atoms with Crippen LogP contribution in [0.5, 0.6) is 0 Å². The van der Waals surface area contributed by atoms with Gasteiger partial charge in [-0.3, -0.25) is 24.0 Å². The average Bonchev–Trinajstić information content (AvgIpc) is 3.70. The van der Waals surface area contributed by atoms with Gasteiger partial charge >= 0.3 is 5.97 Å². The smallest absolute Gasteiger partial charge is 0.331 e. The van der Waals surface area contributed by atoms with Crippen LogP contribution in [0.4, 0.5) is 0 Å². The number of rotatable bonds is 10. The molecule has 6 fully saturated rings. The Kier molecular flexibility index (Phi) is 18.2. The highest BCUT2D eigenvalue weighted by Gasteiger charge is 2.70. The third-order valence-corrected chi connectivity index (χ3v) is 17.9. The quantitative estimate of drug-likeness (QED) is 0.0657. The number of hydrogen-bond acceptors (Lipinski definition) is 17. The molecule has 0 radical (unpaired) electrons. The van der Waals surface area contributed by atoms with Gasteiger partial charge in [-0.2, -0.15) is 0 Å². The van der Waals surface area contributed by atoms with E-state index in [9.17, 15) is 54.6 Å². The van der Waals surface area contributed by atoms with Crippen molar-refractivity contribution in [3.8, 4) is 0 Å². The molecule has 0 spiro atoms. The maximum atomic E-state index is 12.5. The van der Waals surface area contributed by atoms with Gasteiger partial charge in [-0.1, -0.05) is 44.0 Å². The van der Waals surface area contributed by atoms with Crippen molar-refractivity contribution in [2.24, 2.45) is 68.2 Å². The predicted octanol–water partition coefficient (Wildman–Crippen LogP) is 2.49. The number of nitrogens with two attached hydrogens (primary N) is 1. The lowest BCUT2D eigenvalue weighted by molar-refractivity contribution is -0.182. The molecule has 6 saturated carbocycles. The van der Waals surface area contributed by atoms with Crippen LogP contribution in [0.2, 0.25) is 0 Å². The Morgan fingerprint density at radius 3 is 1.62 bits per heavy atom. The van der Waals surface area contributed by atoms with E-state index in [-0.39, 0.29) is 71.3 Å². The van der Waals surface area contributed by atoms with Gasteiger partial charge in [0.05, 0.1) is 17.9 Å². The molecule has 0 aliphatic heterocycles. The van der Waals surface area contributed by atoms with Gasteiger partial charge in [0.25, 0.3) is 13.3 Å². The molecule has 0 bridgehead atoms. The first-order valence-electron chi connectivity index (χ1n) is 22.9. The molecule has 0 saturated heterocycles. The zero-order valence-corrected chi connectivity index (χ0v) is 39.7. The minimum atomic E-state index is -1.57. The Labute approximate surface area is 392 Å². The molecule has 8 aliphatic carbocycles. The van der Waals surface area contributed by atoms with E-state index in [2.05, 4.69) is 40.6 Å². The summed E-state index contributed by atoms with van der Waals surface area (Å²) in [6.45, 7) is 6.60. The SMILES string of the molecule is CO.C[C@]12CCC(=NOCOC=O)C=C1CCC1C2[C@@H](O)C[C@@]2(C)C1CC[C@]2(O)C(=O)CO.C[C@]12CCC(=O)C=C1CCC1C2[C@@H](O)C[C@@]2(C)C1CC[C@]2(O)C(=O)CO.Cl.NOCC(=O)O. The van der Waals surface area contributed by atoms with Crippen molar-refractivity contribution < 1.29 is 79.2 Å². The number of ketones is 3. The molecular weight excluding hydrogens is 884 g/mol. The summed E-state index contributed by atoms with van der Waals surface area (Å²) >= 11 is 0. The monoisotopic (exact) mass is 956 g/mol. The number of aliphatic carboxylic acids is 1. The molecule has 19 heteroatoms. The highest BCUT2D eigenvalue weighted by molar-refractivity contribution is 5.96. The molecule has 14 atom stereocenters. The highest BCUT2D eigenvalue weighted by atomic mass is 35.5. The number of halogens is 1. The van der Waals surface area contributed by atoms with E-state index in [1.165, 1.54) is 11.1 Å². The van der Waals surface area contributed by atoms with Gasteiger partial charge in [0.15, 0.2) is 24.0 Å². The Morgan fingerprint density at radius 1 is 0.758 bits per heavy atom. The fourth-order valence-electron chi connectivity index (χ4n) is 14.9. The van der Waals surface area contributed by atoms with E-state index >= 15 is 0 Å². The van der Waals surface area contributed by atoms with E-state index in [1.54, 1.807) is 6.08 Å². The molecule has 0 aromatic heterocycles. The van der Waals surface area contributed by atoms with Crippen LogP contribution in [0, 0.1) is 57.2 Å². The molecule has 0 aromatic carbocycles. The summed E-state index contributed by atoms with van der Waals surface area (Å²) in [5.41, 5.74) is -1.64. The largest absolute Gasteiger partial charge is 0.479 e. The van der Waals surface area contributed by atoms with Crippen LogP contribution in [-0.2, 0) is 38.4 Å². The Hall–Kier alpha value is -3.17. The highest BCUT2D eigenvalue weighted by Crippen LogP contribution is 2.69. The van der Waals surface area contributed by atoms with Crippen LogP contribution in [-0.4, -0.2) is 133 Å². The summed E-state index contributed by atoms with van der Waals surface area (Å²) in [6.07, 6.45) is 11.9. The lowest BCUT2D eigenvalue weighted by Gasteiger charge is -2.60. The van der Waals surface area contributed by atoms with Gasteiger partial charge in [0.1, 0.15) is 24.4 Å².